The van der Waals surface area contributed by atoms with E-state index in [4.69, 9.17) is 5.11 Å². The number of carbonyl (C=O) groups is 1. The van der Waals surface area contributed by atoms with Crippen molar-refractivity contribution in [1.82, 2.24) is 4.98 Å². The minimum Gasteiger partial charge on any atom is -0.481 e. The van der Waals surface area contributed by atoms with Gasteiger partial charge in [0.15, 0.2) is 4.34 Å². The lowest BCUT2D eigenvalue weighted by Gasteiger charge is -2.00. The predicted molar refractivity (Wildman–Crippen MR) is 80.1 cm³/mol. The van der Waals surface area contributed by atoms with Gasteiger partial charge in [-0.3, -0.25) is 14.9 Å². The van der Waals surface area contributed by atoms with Crippen LogP contribution in [0, 0.1) is 24.0 Å². The number of aryl methyl sites for hydroxylation is 2. The van der Waals surface area contributed by atoms with Crippen molar-refractivity contribution < 1.29 is 14.8 Å². The van der Waals surface area contributed by atoms with Crippen molar-refractivity contribution in [2.45, 2.75) is 29.5 Å². The Hall–Kier alpha value is -1.93. The summed E-state index contributed by atoms with van der Waals surface area (Å²) in [6.45, 7) is 3.45. The maximum atomic E-state index is 10.9. The Morgan fingerprint density at radius 3 is 2.81 bits per heavy atom. The molecule has 0 fully saturated rings. The van der Waals surface area contributed by atoms with Crippen LogP contribution in [0.2, 0.25) is 0 Å². The van der Waals surface area contributed by atoms with Crippen LogP contribution in [0.15, 0.2) is 27.4 Å². The molecular weight excluding hydrogens is 312 g/mol. The Labute approximate surface area is 129 Å². The molecule has 0 atom stereocenters. The van der Waals surface area contributed by atoms with Gasteiger partial charge in [0.25, 0.3) is 5.69 Å². The topological polar surface area (TPSA) is 93.3 Å². The maximum Gasteiger partial charge on any atom is 0.308 e. The first-order chi connectivity index (χ1) is 9.86. The van der Waals surface area contributed by atoms with Gasteiger partial charge in [-0.2, -0.15) is 0 Å². The first kappa shape index (κ1) is 15.5. The van der Waals surface area contributed by atoms with Crippen LogP contribution in [-0.2, 0) is 11.2 Å². The largest absolute Gasteiger partial charge is 0.481 e. The number of rotatable bonds is 5. The van der Waals surface area contributed by atoms with Crippen LogP contribution in [0.25, 0.3) is 0 Å². The fourth-order valence-corrected chi connectivity index (χ4v) is 3.93. The summed E-state index contributed by atoms with van der Waals surface area (Å²) in [6, 6.07) is 4.99. The molecule has 2 rings (SSSR count). The Morgan fingerprint density at radius 2 is 2.19 bits per heavy atom. The third-order valence-electron chi connectivity index (χ3n) is 2.77. The van der Waals surface area contributed by atoms with E-state index in [1.165, 1.54) is 29.2 Å². The summed E-state index contributed by atoms with van der Waals surface area (Å²) in [4.78, 5) is 27.0. The number of nitro benzene ring substituents is 1. The Bertz CT molecular complexity index is 712. The van der Waals surface area contributed by atoms with Crippen molar-refractivity contribution >= 4 is 34.8 Å². The van der Waals surface area contributed by atoms with Crippen molar-refractivity contribution in [3.63, 3.8) is 0 Å². The number of hydrogen-bond donors (Lipinski definition) is 1. The molecule has 2 aromatic rings. The summed E-state index contributed by atoms with van der Waals surface area (Å²) in [6.07, 6.45) is -0.0574. The van der Waals surface area contributed by atoms with E-state index in [2.05, 4.69) is 4.98 Å². The Morgan fingerprint density at radius 1 is 1.48 bits per heavy atom. The lowest BCUT2D eigenvalue weighted by molar-refractivity contribution is -0.385. The van der Waals surface area contributed by atoms with Gasteiger partial charge >= 0.3 is 5.97 Å². The highest BCUT2D eigenvalue weighted by Gasteiger charge is 2.15. The number of carboxylic acid groups (broad SMARTS) is 1. The lowest BCUT2D eigenvalue weighted by Crippen LogP contribution is -1.99. The van der Waals surface area contributed by atoms with Crippen LogP contribution in [-0.4, -0.2) is 21.0 Å². The number of benzene rings is 1. The predicted octanol–water partition coefficient (Wildman–Crippen LogP) is 3.45. The molecule has 21 heavy (non-hydrogen) atoms. The molecule has 0 aliphatic carbocycles. The fourth-order valence-electron chi connectivity index (χ4n) is 1.70. The maximum absolute atomic E-state index is 10.9. The van der Waals surface area contributed by atoms with Gasteiger partial charge in [0.05, 0.1) is 17.0 Å². The lowest BCUT2D eigenvalue weighted by atomic mass is 10.2. The van der Waals surface area contributed by atoms with E-state index in [0.717, 1.165) is 0 Å². The van der Waals surface area contributed by atoms with Gasteiger partial charge in [-0.25, -0.2) is 4.98 Å². The molecule has 110 valence electrons. The summed E-state index contributed by atoms with van der Waals surface area (Å²) in [5.41, 5.74) is 1.36. The number of thiazole rings is 1. The van der Waals surface area contributed by atoms with Crippen molar-refractivity contribution in [2.24, 2.45) is 0 Å². The van der Waals surface area contributed by atoms with Crippen LogP contribution < -0.4 is 0 Å². The number of hydrogen-bond acceptors (Lipinski definition) is 6. The zero-order chi connectivity index (χ0) is 15.6. The summed E-state index contributed by atoms with van der Waals surface area (Å²) in [5.74, 6) is -0.899. The van der Waals surface area contributed by atoms with E-state index in [-0.39, 0.29) is 12.1 Å². The van der Waals surface area contributed by atoms with Crippen molar-refractivity contribution in [2.75, 3.05) is 0 Å². The average molecular weight is 324 g/mol. The second-order valence-corrected chi connectivity index (χ2v) is 6.77. The normalized spacial score (nSPS) is 10.6. The number of aliphatic carboxylic acids is 1. The smallest absolute Gasteiger partial charge is 0.308 e. The summed E-state index contributed by atoms with van der Waals surface area (Å²) >= 11 is 2.60. The van der Waals surface area contributed by atoms with Crippen molar-refractivity contribution in [3.8, 4) is 0 Å². The number of nitro groups is 1. The highest BCUT2D eigenvalue weighted by atomic mass is 32.2. The van der Waals surface area contributed by atoms with Gasteiger partial charge in [0.1, 0.15) is 0 Å². The molecule has 0 amide bonds. The van der Waals surface area contributed by atoms with E-state index in [9.17, 15) is 14.9 Å². The molecule has 0 spiro atoms. The van der Waals surface area contributed by atoms with Crippen LogP contribution in [0.3, 0.4) is 0 Å². The monoisotopic (exact) mass is 324 g/mol. The molecule has 6 nitrogen and oxygen atoms in total. The molecule has 1 aromatic heterocycles. The minimum absolute atomic E-state index is 0.0574. The standard InChI is InChI=1S/C13H12N2O4S2/c1-7-3-4-9(5-10(7)15(18)19)20-13-14-8(2)11(21-13)6-12(16)17/h3-5H,6H2,1-2H3,(H,16,17). The molecule has 0 saturated carbocycles. The molecule has 0 saturated heterocycles. The molecule has 8 heteroatoms. The van der Waals surface area contributed by atoms with E-state index in [0.29, 0.717) is 25.4 Å². The quantitative estimate of drug-likeness (QED) is 0.669. The van der Waals surface area contributed by atoms with Crippen LogP contribution in [0.4, 0.5) is 5.69 Å². The molecule has 0 aliphatic rings. The molecule has 1 heterocycles. The number of carboxylic acids is 1. The van der Waals surface area contributed by atoms with E-state index >= 15 is 0 Å². The average Bonchev–Trinajstić information content (AvgIpc) is 2.71. The van der Waals surface area contributed by atoms with Gasteiger partial charge in [-0.1, -0.05) is 17.8 Å². The van der Waals surface area contributed by atoms with Gasteiger partial charge in [-0.05, 0) is 19.9 Å². The SMILES string of the molecule is Cc1ccc(Sc2nc(C)c(CC(=O)O)s2)cc1[N+](=O)[O-]. The molecule has 0 bridgehead atoms. The fraction of sp³-hybridized carbons (Fsp3) is 0.231. The molecule has 0 radical (unpaired) electrons. The summed E-state index contributed by atoms with van der Waals surface area (Å²) < 4.78 is 0.682. The van der Waals surface area contributed by atoms with Crippen molar-refractivity contribution in [3.05, 3.63) is 44.4 Å². The minimum atomic E-state index is -0.899. The Balaban J connectivity index is 2.24. The molecule has 1 N–H and O–H groups in total. The second kappa shape index (κ2) is 6.23. The van der Waals surface area contributed by atoms with Gasteiger partial charge < -0.3 is 5.11 Å². The van der Waals surface area contributed by atoms with Crippen LogP contribution >= 0.6 is 23.1 Å². The van der Waals surface area contributed by atoms with E-state index in [1.54, 1.807) is 26.0 Å². The first-order valence-electron chi connectivity index (χ1n) is 5.98. The summed E-state index contributed by atoms with van der Waals surface area (Å²) in [7, 11) is 0. The Kier molecular flexibility index (Phi) is 4.59. The third-order valence-corrected chi connectivity index (χ3v) is 4.97. The molecule has 1 aromatic carbocycles. The first-order valence-corrected chi connectivity index (χ1v) is 7.61. The zero-order valence-electron chi connectivity index (χ0n) is 11.3. The van der Waals surface area contributed by atoms with Crippen molar-refractivity contribution in [1.29, 1.82) is 0 Å². The zero-order valence-corrected chi connectivity index (χ0v) is 13.0. The second-order valence-electron chi connectivity index (χ2n) is 4.37. The number of nitrogens with zero attached hydrogens (tertiary/aromatic N) is 2. The van der Waals surface area contributed by atoms with E-state index < -0.39 is 10.9 Å². The van der Waals surface area contributed by atoms with Gasteiger partial charge in [0.2, 0.25) is 0 Å². The third kappa shape index (κ3) is 3.79. The molecule has 0 unspecified atom stereocenters. The van der Waals surface area contributed by atoms with E-state index in [1.807, 2.05) is 0 Å². The van der Waals surface area contributed by atoms with Gasteiger partial charge in [-0.15, -0.1) is 11.3 Å². The number of aromatic nitrogens is 1. The summed E-state index contributed by atoms with van der Waals surface area (Å²) in [5, 5.41) is 19.7. The molecule has 0 aliphatic heterocycles. The highest BCUT2D eigenvalue weighted by Crippen LogP contribution is 2.35. The highest BCUT2D eigenvalue weighted by molar-refractivity contribution is 8.01. The van der Waals surface area contributed by atoms with Crippen LogP contribution in [0.1, 0.15) is 16.1 Å². The van der Waals surface area contributed by atoms with Gasteiger partial charge in [0, 0.05) is 21.4 Å². The van der Waals surface area contributed by atoms with Crippen LogP contribution in [0.5, 0.6) is 0 Å². The molecular formula is C13H12N2O4S2.